The van der Waals surface area contributed by atoms with Crippen molar-refractivity contribution >= 4 is 11.6 Å². The van der Waals surface area contributed by atoms with Crippen molar-refractivity contribution in [3.8, 4) is 5.75 Å². The molecule has 3 N–H and O–H groups in total. The second-order valence-corrected chi connectivity index (χ2v) is 5.41. The van der Waals surface area contributed by atoms with E-state index in [0.29, 0.717) is 6.61 Å². The molecule has 1 aliphatic rings. The van der Waals surface area contributed by atoms with Crippen LogP contribution < -0.4 is 20.9 Å². The monoisotopic (exact) mass is 303 g/mol. The average molecular weight is 303 g/mol. The highest BCUT2D eigenvalue weighted by Gasteiger charge is 2.13. The fourth-order valence-corrected chi connectivity index (χ4v) is 2.33. The highest BCUT2D eigenvalue weighted by molar-refractivity contribution is 5.83. The van der Waals surface area contributed by atoms with Gasteiger partial charge in [-0.05, 0) is 63.8 Å². The van der Waals surface area contributed by atoms with Crippen molar-refractivity contribution in [2.24, 2.45) is 0 Å². The molecule has 0 bridgehead atoms. The van der Waals surface area contributed by atoms with Gasteiger partial charge in [0.25, 0.3) is 5.91 Å². The van der Waals surface area contributed by atoms with E-state index in [1.807, 2.05) is 38.1 Å². The van der Waals surface area contributed by atoms with Crippen LogP contribution in [0.25, 0.3) is 0 Å². The molecule has 1 aliphatic carbocycles. The van der Waals surface area contributed by atoms with E-state index >= 15 is 0 Å². The zero-order valence-electron chi connectivity index (χ0n) is 13.3. The van der Waals surface area contributed by atoms with Gasteiger partial charge in [-0.2, -0.15) is 0 Å². The minimum Gasteiger partial charge on any atom is -0.494 e. The van der Waals surface area contributed by atoms with Crippen LogP contribution in [-0.2, 0) is 4.79 Å². The molecule has 0 heterocycles. The van der Waals surface area contributed by atoms with Crippen molar-refractivity contribution in [3.05, 3.63) is 36.0 Å². The summed E-state index contributed by atoms with van der Waals surface area (Å²) in [4.78, 5) is 12.1. The van der Waals surface area contributed by atoms with Crippen LogP contribution in [0.5, 0.6) is 5.75 Å². The number of amides is 1. The van der Waals surface area contributed by atoms with E-state index in [9.17, 15) is 4.79 Å². The molecule has 0 spiro atoms. The zero-order chi connectivity index (χ0) is 15.8. The number of ether oxygens (including phenoxy) is 1. The van der Waals surface area contributed by atoms with Crippen LogP contribution in [0.4, 0.5) is 5.69 Å². The number of hydrogen-bond donors (Lipinski definition) is 3. The Balaban J connectivity index is 1.78. The summed E-state index contributed by atoms with van der Waals surface area (Å²) in [6.45, 7) is 4.43. The van der Waals surface area contributed by atoms with Crippen molar-refractivity contribution < 1.29 is 9.53 Å². The molecule has 22 heavy (non-hydrogen) atoms. The Kier molecular flexibility index (Phi) is 6.13. The first-order chi connectivity index (χ1) is 10.7. The van der Waals surface area contributed by atoms with Gasteiger partial charge in [-0.3, -0.25) is 10.2 Å². The lowest BCUT2D eigenvalue weighted by Crippen LogP contribution is -2.44. The number of benzene rings is 1. The first-order valence-corrected chi connectivity index (χ1v) is 7.93. The standard InChI is InChI=1S/C17H25N3O2/c1-3-22-16-11-9-14(10-12-16)18-13(2)17(21)20-19-15-7-5-4-6-8-15/h7,9-13,18-19H,3-6,8H2,1-2H3,(H,20,21). The minimum absolute atomic E-state index is 0.0830. The zero-order valence-corrected chi connectivity index (χ0v) is 13.3. The van der Waals surface area contributed by atoms with Gasteiger partial charge < -0.3 is 15.5 Å². The molecule has 0 aliphatic heterocycles. The third kappa shape index (κ3) is 4.98. The number of rotatable bonds is 7. The summed E-state index contributed by atoms with van der Waals surface area (Å²) in [5.41, 5.74) is 7.77. The molecule has 1 aromatic rings. The fourth-order valence-electron chi connectivity index (χ4n) is 2.33. The van der Waals surface area contributed by atoms with Crippen molar-refractivity contribution in [3.63, 3.8) is 0 Å². The second kappa shape index (κ2) is 8.32. The van der Waals surface area contributed by atoms with Crippen LogP contribution in [0, 0.1) is 0 Å². The van der Waals surface area contributed by atoms with E-state index in [2.05, 4.69) is 22.2 Å². The molecule has 120 valence electrons. The molecular weight excluding hydrogens is 278 g/mol. The first-order valence-electron chi connectivity index (χ1n) is 7.93. The molecule has 0 saturated heterocycles. The van der Waals surface area contributed by atoms with Crippen molar-refractivity contribution in [1.29, 1.82) is 0 Å². The molecule has 1 aromatic carbocycles. The topological polar surface area (TPSA) is 62.4 Å². The molecule has 0 saturated carbocycles. The van der Waals surface area contributed by atoms with Crippen LogP contribution in [0.3, 0.4) is 0 Å². The van der Waals surface area contributed by atoms with Crippen LogP contribution in [-0.4, -0.2) is 18.6 Å². The van der Waals surface area contributed by atoms with Crippen molar-refractivity contribution in [1.82, 2.24) is 10.9 Å². The van der Waals surface area contributed by atoms with Gasteiger partial charge in [0, 0.05) is 11.4 Å². The third-order valence-corrected chi connectivity index (χ3v) is 3.58. The van der Waals surface area contributed by atoms with E-state index in [-0.39, 0.29) is 11.9 Å². The summed E-state index contributed by atoms with van der Waals surface area (Å²) in [5.74, 6) is 0.747. The van der Waals surface area contributed by atoms with Gasteiger partial charge in [0.1, 0.15) is 11.8 Å². The Labute approximate surface area is 132 Å². The summed E-state index contributed by atoms with van der Waals surface area (Å²) in [7, 11) is 0. The lowest BCUT2D eigenvalue weighted by atomic mass is 10.1. The Hall–Kier alpha value is -2.17. The highest BCUT2D eigenvalue weighted by Crippen LogP contribution is 2.16. The third-order valence-electron chi connectivity index (χ3n) is 3.58. The van der Waals surface area contributed by atoms with Crippen LogP contribution >= 0.6 is 0 Å². The SMILES string of the molecule is CCOc1ccc(NC(C)C(=O)NNC2=CCCCC2)cc1. The summed E-state index contributed by atoms with van der Waals surface area (Å²) in [5, 5.41) is 3.17. The normalized spacial score (nSPS) is 15.5. The lowest BCUT2D eigenvalue weighted by molar-refractivity contribution is -0.122. The lowest BCUT2D eigenvalue weighted by Gasteiger charge is -2.19. The number of carbonyl (C=O) groups excluding carboxylic acids is 1. The quantitative estimate of drug-likeness (QED) is 0.678. The highest BCUT2D eigenvalue weighted by atomic mass is 16.5. The number of carbonyl (C=O) groups is 1. The molecule has 5 nitrogen and oxygen atoms in total. The molecule has 0 fully saturated rings. The molecule has 1 atom stereocenters. The van der Waals surface area contributed by atoms with Gasteiger partial charge in [-0.25, -0.2) is 0 Å². The Bertz CT molecular complexity index is 511. The number of hydrazine groups is 1. The molecular formula is C17H25N3O2. The van der Waals surface area contributed by atoms with Crippen LogP contribution in [0.2, 0.25) is 0 Å². The summed E-state index contributed by atoms with van der Waals surface area (Å²) in [6, 6.07) is 7.27. The van der Waals surface area contributed by atoms with Crippen LogP contribution in [0.1, 0.15) is 39.5 Å². The maximum atomic E-state index is 12.1. The van der Waals surface area contributed by atoms with Crippen molar-refractivity contribution in [2.45, 2.75) is 45.6 Å². The van der Waals surface area contributed by atoms with E-state index in [4.69, 9.17) is 4.74 Å². The van der Waals surface area contributed by atoms with Crippen molar-refractivity contribution in [2.75, 3.05) is 11.9 Å². The predicted octanol–water partition coefficient (Wildman–Crippen LogP) is 2.96. The predicted molar refractivity (Wildman–Crippen MR) is 88.5 cm³/mol. The van der Waals surface area contributed by atoms with Crippen LogP contribution in [0.15, 0.2) is 36.0 Å². The van der Waals surface area contributed by atoms with Gasteiger partial charge in [0.2, 0.25) is 0 Å². The number of anilines is 1. The number of allylic oxidation sites excluding steroid dienone is 2. The van der Waals surface area contributed by atoms with Gasteiger partial charge in [-0.15, -0.1) is 0 Å². The molecule has 1 unspecified atom stereocenters. The molecule has 1 amide bonds. The summed E-state index contributed by atoms with van der Waals surface area (Å²) < 4.78 is 5.40. The Morgan fingerprint density at radius 2 is 2.05 bits per heavy atom. The molecule has 2 rings (SSSR count). The fraction of sp³-hybridized carbons (Fsp3) is 0.471. The van der Waals surface area contributed by atoms with Gasteiger partial charge in [0.15, 0.2) is 0 Å². The van der Waals surface area contributed by atoms with Gasteiger partial charge in [0.05, 0.1) is 6.61 Å². The van der Waals surface area contributed by atoms with E-state index in [0.717, 1.165) is 30.0 Å². The molecule has 0 aromatic heterocycles. The minimum atomic E-state index is -0.324. The Morgan fingerprint density at radius 1 is 1.27 bits per heavy atom. The first kappa shape index (κ1) is 16.2. The average Bonchev–Trinajstić information content (AvgIpc) is 2.55. The van der Waals surface area contributed by atoms with Gasteiger partial charge in [-0.1, -0.05) is 6.08 Å². The maximum absolute atomic E-state index is 12.1. The number of nitrogens with one attached hydrogen (secondary N) is 3. The summed E-state index contributed by atoms with van der Waals surface area (Å²) >= 11 is 0. The molecule has 0 radical (unpaired) electrons. The number of hydrogen-bond acceptors (Lipinski definition) is 4. The largest absolute Gasteiger partial charge is 0.494 e. The molecule has 5 heteroatoms. The van der Waals surface area contributed by atoms with E-state index in [1.54, 1.807) is 0 Å². The smallest absolute Gasteiger partial charge is 0.260 e. The van der Waals surface area contributed by atoms with E-state index < -0.39 is 0 Å². The maximum Gasteiger partial charge on any atom is 0.260 e. The van der Waals surface area contributed by atoms with Gasteiger partial charge >= 0.3 is 0 Å². The Morgan fingerprint density at radius 3 is 2.68 bits per heavy atom. The summed E-state index contributed by atoms with van der Waals surface area (Å²) in [6.07, 6.45) is 6.64. The second-order valence-electron chi connectivity index (χ2n) is 5.41. The van der Waals surface area contributed by atoms with E-state index in [1.165, 1.54) is 12.8 Å².